The Labute approximate surface area is 192 Å². The minimum Gasteiger partial charge on any atom is -0.394 e. The van der Waals surface area contributed by atoms with Crippen molar-refractivity contribution < 1.29 is 79.9 Å². The SMILES string of the molecule is OC[C@@H]1O[C@H](O[C@H]2[C@H](O)[C@H](O)[C@@H](O[C@H]3[C@H](O)[C@@H](O)C(O)O[C@@H]3CO)O[C@@H]2CO)[C@@H](O)[C@H](O)[C@H]1O. The standard InChI is InChI=1S/C18H32O16/c19-1-4-7(22)8(23)12(27)17(31-4)34-15-6(3-21)32-18(13(28)10(15)25)33-14-5(2-20)30-16(29)11(26)9(14)24/h4-29H,1-3H2/t4-,5+,6+,7-,8+,9+,10+,11+,12-,13-,14+,15+,16?,17+,18+/m0/s1. The Bertz CT molecular complexity index is 635. The van der Waals surface area contributed by atoms with Crippen LogP contribution in [-0.2, 0) is 23.7 Å². The summed E-state index contributed by atoms with van der Waals surface area (Å²) in [6, 6.07) is 0. The summed E-state index contributed by atoms with van der Waals surface area (Å²) in [6.45, 7) is -2.32. The predicted molar refractivity (Wildman–Crippen MR) is 101 cm³/mol. The summed E-state index contributed by atoms with van der Waals surface area (Å²) in [4.78, 5) is 0. The van der Waals surface area contributed by atoms with Gasteiger partial charge >= 0.3 is 0 Å². The van der Waals surface area contributed by atoms with Crippen LogP contribution in [0, 0.1) is 0 Å². The molecule has 3 saturated heterocycles. The van der Waals surface area contributed by atoms with Crippen molar-refractivity contribution in [2.75, 3.05) is 19.8 Å². The van der Waals surface area contributed by atoms with Crippen LogP contribution in [0.5, 0.6) is 0 Å². The van der Waals surface area contributed by atoms with Crippen molar-refractivity contribution in [3.8, 4) is 0 Å². The van der Waals surface area contributed by atoms with Crippen LogP contribution in [0.4, 0.5) is 0 Å². The highest BCUT2D eigenvalue weighted by molar-refractivity contribution is 4.96. The van der Waals surface area contributed by atoms with Gasteiger partial charge in [-0.15, -0.1) is 0 Å². The third-order valence-electron chi connectivity index (χ3n) is 6.09. The smallest absolute Gasteiger partial charge is 0.187 e. The van der Waals surface area contributed by atoms with Crippen LogP contribution in [-0.4, -0.2) is 168 Å². The molecule has 3 fully saturated rings. The molecule has 34 heavy (non-hydrogen) atoms. The monoisotopic (exact) mass is 504 g/mol. The first kappa shape index (κ1) is 27.9. The van der Waals surface area contributed by atoms with E-state index >= 15 is 0 Å². The van der Waals surface area contributed by atoms with E-state index in [9.17, 15) is 56.2 Å². The number of hydrogen-bond donors (Lipinski definition) is 11. The second-order valence-corrected chi connectivity index (χ2v) is 8.33. The molecule has 3 aliphatic heterocycles. The number of aliphatic hydroxyl groups is 11. The second kappa shape index (κ2) is 11.6. The Balaban J connectivity index is 1.72. The van der Waals surface area contributed by atoms with Crippen molar-refractivity contribution in [1.82, 2.24) is 0 Å². The molecule has 0 saturated carbocycles. The Morgan fingerprint density at radius 1 is 0.441 bits per heavy atom. The van der Waals surface area contributed by atoms with Crippen LogP contribution in [0.2, 0.25) is 0 Å². The minimum atomic E-state index is -1.91. The van der Waals surface area contributed by atoms with Gasteiger partial charge < -0.3 is 79.9 Å². The number of ether oxygens (including phenoxy) is 5. The fourth-order valence-electron chi connectivity index (χ4n) is 4.06. The van der Waals surface area contributed by atoms with E-state index in [1.54, 1.807) is 0 Å². The zero-order valence-electron chi connectivity index (χ0n) is 17.7. The molecule has 3 heterocycles. The van der Waals surface area contributed by atoms with Crippen LogP contribution < -0.4 is 0 Å². The van der Waals surface area contributed by atoms with Crippen molar-refractivity contribution in [2.24, 2.45) is 0 Å². The van der Waals surface area contributed by atoms with Gasteiger partial charge in [0, 0.05) is 0 Å². The lowest BCUT2D eigenvalue weighted by atomic mass is 9.96. The van der Waals surface area contributed by atoms with Gasteiger partial charge in [0.1, 0.15) is 73.2 Å². The molecule has 0 aromatic rings. The van der Waals surface area contributed by atoms with Crippen LogP contribution in [0.3, 0.4) is 0 Å². The van der Waals surface area contributed by atoms with Gasteiger partial charge in [0.25, 0.3) is 0 Å². The molecule has 0 aliphatic carbocycles. The summed E-state index contributed by atoms with van der Waals surface area (Å²) in [5.41, 5.74) is 0. The molecule has 0 aromatic carbocycles. The minimum absolute atomic E-state index is 0.741. The molecule has 0 aromatic heterocycles. The Hall–Kier alpha value is -0.640. The zero-order chi connectivity index (χ0) is 25.3. The summed E-state index contributed by atoms with van der Waals surface area (Å²) in [5, 5.41) is 109. The van der Waals surface area contributed by atoms with E-state index in [2.05, 4.69) is 0 Å². The first-order valence-electron chi connectivity index (χ1n) is 10.6. The quantitative estimate of drug-likeness (QED) is 0.154. The van der Waals surface area contributed by atoms with Gasteiger partial charge in [-0.2, -0.15) is 0 Å². The summed E-state index contributed by atoms with van der Waals surface area (Å²) < 4.78 is 26.4. The summed E-state index contributed by atoms with van der Waals surface area (Å²) >= 11 is 0. The lowest BCUT2D eigenvalue weighted by Gasteiger charge is -2.47. The second-order valence-electron chi connectivity index (χ2n) is 8.33. The van der Waals surface area contributed by atoms with Crippen LogP contribution in [0.15, 0.2) is 0 Å². The highest BCUT2D eigenvalue weighted by Gasteiger charge is 2.53. The summed E-state index contributed by atoms with van der Waals surface area (Å²) in [6.07, 6.45) is -25.1. The Morgan fingerprint density at radius 3 is 1.35 bits per heavy atom. The van der Waals surface area contributed by atoms with E-state index in [0.717, 1.165) is 0 Å². The van der Waals surface area contributed by atoms with Crippen molar-refractivity contribution >= 4 is 0 Å². The fourth-order valence-corrected chi connectivity index (χ4v) is 4.06. The molecule has 3 rings (SSSR count). The van der Waals surface area contributed by atoms with Crippen molar-refractivity contribution in [3.05, 3.63) is 0 Å². The molecule has 16 heteroatoms. The third kappa shape index (κ3) is 5.37. The van der Waals surface area contributed by atoms with Gasteiger partial charge in [-0.3, -0.25) is 0 Å². The van der Waals surface area contributed by atoms with Crippen molar-refractivity contribution in [1.29, 1.82) is 0 Å². The highest BCUT2D eigenvalue weighted by atomic mass is 16.8. The molecule has 11 N–H and O–H groups in total. The molecule has 15 atom stereocenters. The average Bonchev–Trinajstić information content (AvgIpc) is 2.83. The molecule has 0 radical (unpaired) electrons. The zero-order valence-corrected chi connectivity index (χ0v) is 17.7. The van der Waals surface area contributed by atoms with Crippen LogP contribution >= 0.6 is 0 Å². The largest absolute Gasteiger partial charge is 0.394 e. The van der Waals surface area contributed by atoms with Crippen molar-refractivity contribution in [3.63, 3.8) is 0 Å². The maximum absolute atomic E-state index is 10.6. The van der Waals surface area contributed by atoms with Gasteiger partial charge in [-0.1, -0.05) is 0 Å². The molecule has 0 bridgehead atoms. The lowest BCUT2D eigenvalue weighted by molar-refractivity contribution is -0.377. The maximum atomic E-state index is 10.6. The molecular weight excluding hydrogens is 472 g/mol. The summed E-state index contributed by atoms with van der Waals surface area (Å²) in [5.74, 6) is 0. The van der Waals surface area contributed by atoms with Gasteiger partial charge in [0.2, 0.25) is 0 Å². The first-order chi connectivity index (χ1) is 16.0. The average molecular weight is 504 g/mol. The maximum Gasteiger partial charge on any atom is 0.187 e. The normalized spacial score (nSPS) is 52.5. The van der Waals surface area contributed by atoms with E-state index < -0.39 is 112 Å². The number of hydrogen-bond acceptors (Lipinski definition) is 16. The molecule has 16 nitrogen and oxygen atoms in total. The Morgan fingerprint density at radius 2 is 0.853 bits per heavy atom. The third-order valence-corrected chi connectivity index (χ3v) is 6.09. The van der Waals surface area contributed by atoms with E-state index in [4.69, 9.17) is 23.7 Å². The number of rotatable bonds is 7. The topological polar surface area (TPSA) is 269 Å². The Kier molecular flexibility index (Phi) is 9.54. The van der Waals surface area contributed by atoms with Crippen molar-refractivity contribution in [2.45, 2.75) is 92.1 Å². The first-order valence-corrected chi connectivity index (χ1v) is 10.6. The summed E-state index contributed by atoms with van der Waals surface area (Å²) in [7, 11) is 0. The molecule has 0 amide bonds. The van der Waals surface area contributed by atoms with E-state index in [1.807, 2.05) is 0 Å². The molecule has 200 valence electrons. The highest BCUT2D eigenvalue weighted by Crippen LogP contribution is 2.32. The fraction of sp³-hybridized carbons (Fsp3) is 1.00. The molecule has 0 spiro atoms. The number of aliphatic hydroxyl groups excluding tert-OH is 11. The lowest BCUT2D eigenvalue weighted by Crippen LogP contribution is -2.66. The molecule has 3 aliphatic rings. The van der Waals surface area contributed by atoms with Gasteiger partial charge in [-0.05, 0) is 0 Å². The predicted octanol–water partition coefficient (Wildman–Crippen LogP) is -7.57. The van der Waals surface area contributed by atoms with E-state index in [-0.39, 0.29) is 0 Å². The molecule has 1 unspecified atom stereocenters. The molecular formula is C18H32O16. The van der Waals surface area contributed by atoms with Gasteiger partial charge in [-0.25, -0.2) is 0 Å². The van der Waals surface area contributed by atoms with E-state index in [0.29, 0.717) is 0 Å². The van der Waals surface area contributed by atoms with E-state index in [1.165, 1.54) is 0 Å². The van der Waals surface area contributed by atoms with Gasteiger partial charge in [0.15, 0.2) is 18.9 Å². The van der Waals surface area contributed by atoms with Gasteiger partial charge in [0.05, 0.1) is 19.8 Å². The van der Waals surface area contributed by atoms with Crippen LogP contribution in [0.1, 0.15) is 0 Å². The van der Waals surface area contributed by atoms with Crippen LogP contribution in [0.25, 0.3) is 0 Å².